The van der Waals surface area contributed by atoms with Gasteiger partial charge in [0.1, 0.15) is 5.60 Å². The summed E-state index contributed by atoms with van der Waals surface area (Å²) in [6.07, 6.45) is 1.44. The number of ether oxygens (including phenoxy) is 1. The van der Waals surface area contributed by atoms with E-state index in [2.05, 4.69) is 11.4 Å². The molecule has 4 heteroatoms. The van der Waals surface area contributed by atoms with Crippen molar-refractivity contribution in [2.24, 2.45) is 0 Å². The van der Waals surface area contributed by atoms with E-state index in [0.29, 0.717) is 11.5 Å². The first-order chi connectivity index (χ1) is 9.37. The van der Waals surface area contributed by atoms with Gasteiger partial charge in [0.2, 0.25) is 0 Å². The van der Waals surface area contributed by atoms with E-state index in [-0.39, 0.29) is 12.1 Å². The monoisotopic (exact) mass is 272 g/mol. The van der Waals surface area contributed by atoms with Crippen LogP contribution in [0, 0.1) is 11.3 Å². The Bertz CT molecular complexity index is 534. The number of nitriles is 1. The second kappa shape index (κ2) is 5.54. The van der Waals surface area contributed by atoms with Crippen LogP contribution in [0.4, 0.5) is 4.79 Å². The van der Waals surface area contributed by atoms with Gasteiger partial charge in [-0.2, -0.15) is 5.26 Å². The third kappa shape index (κ3) is 3.74. The average molecular weight is 272 g/mol. The summed E-state index contributed by atoms with van der Waals surface area (Å²) in [6.45, 7) is 5.55. The highest BCUT2D eigenvalue weighted by Gasteiger charge is 2.32. The van der Waals surface area contributed by atoms with Crippen LogP contribution in [0.5, 0.6) is 0 Å². The Morgan fingerprint density at radius 3 is 2.70 bits per heavy atom. The minimum absolute atomic E-state index is 0.167. The van der Waals surface area contributed by atoms with E-state index < -0.39 is 5.60 Å². The molecule has 1 amide bonds. The molecule has 1 N–H and O–H groups in total. The Morgan fingerprint density at radius 1 is 1.40 bits per heavy atom. The molecule has 0 saturated heterocycles. The van der Waals surface area contributed by atoms with Crippen molar-refractivity contribution < 1.29 is 9.53 Å². The molecule has 0 bridgehead atoms. The standard InChI is InChI=1S/C16H20N2O2/c1-16(2,3)20-15(19)18-14-8-13(9-14)12-6-4-5-11(7-12)10-17/h4-7,13-14H,8-9H2,1-3H3,(H,18,19). The molecule has 106 valence electrons. The van der Waals surface area contributed by atoms with Crippen LogP contribution in [-0.4, -0.2) is 17.7 Å². The highest BCUT2D eigenvalue weighted by Crippen LogP contribution is 2.37. The number of carbonyl (C=O) groups excluding carboxylic acids is 1. The molecule has 0 unspecified atom stereocenters. The third-order valence-corrected chi connectivity index (χ3v) is 3.35. The number of rotatable bonds is 2. The second-order valence-electron chi connectivity index (χ2n) is 6.25. The summed E-state index contributed by atoms with van der Waals surface area (Å²) in [5.41, 5.74) is 1.39. The van der Waals surface area contributed by atoms with Crippen molar-refractivity contribution in [3.63, 3.8) is 0 Å². The summed E-state index contributed by atoms with van der Waals surface area (Å²) >= 11 is 0. The van der Waals surface area contributed by atoms with Crippen molar-refractivity contribution in [2.45, 2.75) is 51.2 Å². The molecular weight excluding hydrogens is 252 g/mol. The Hall–Kier alpha value is -2.02. The first-order valence-electron chi connectivity index (χ1n) is 6.87. The van der Waals surface area contributed by atoms with E-state index in [1.54, 1.807) is 6.07 Å². The zero-order chi connectivity index (χ0) is 14.8. The summed E-state index contributed by atoms with van der Waals surface area (Å²) in [5.74, 6) is 0.420. The van der Waals surface area contributed by atoms with Crippen molar-refractivity contribution in [3.05, 3.63) is 35.4 Å². The Labute approximate surface area is 119 Å². The van der Waals surface area contributed by atoms with Crippen LogP contribution in [0.3, 0.4) is 0 Å². The third-order valence-electron chi connectivity index (χ3n) is 3.35. The predicted molar refractivity (Wildman–Crippen MR) is 76.3 cm³/mol. The number of carbonyl (C=O) groups is 1. The van der Waals surface area contributed by atoms with Gasteiger partial charge in [-0.15, -0.1) is 0 Å². The lowest BCUT2D eigenvalue weighted by atomic mass is 9.75. The number of nitrogens with one attached hydrogen (secondary N) is 1. The summed E-state index contributed by atoms with van der Waals surface area (Å²) in [7, 11) is 0. The van der Waals surface area contributed by atoms with Crippen LogP contribution in [0.25, 0.3) is 0 Å². The molecule has 0 radical (unpaired) electrons. The molecule has 0 atom stereocenters. The van der Waals surface area contributed by atoms with Gasteiger partial charge in [-0.1, -0.05) is 12.1 Å². The van der Waals surface area contributed by atoms with Gasteiger partial charge >= 0.3 is 6.09 Å². The van der Waals surface area contributed by atoms with Crippen LogP contribution in [0.2, 0.25) is 0 Å². The maximum atomic E-state index is 11.6. The Morgan fingerprint density at radius 2 is 2.10 bits per heavy atom. The molecule has 0 aromatic heterocycles. The van der Waals surface area contributed by atoms with E-state index in [9.17, 15) is 4.79 Å². The van der Waals surface area contributed by atoms with Crippen molar-refractivity contribution in [1.29, 1.82) is 5.26 Å². The molecule has 1 aliphatic carbocycles. The van der Waals surface area contributed by atoms with Crippen LogP contribution in [0.15, 0.2) is 24.3 Å². The van der Waals surface area contributed by atoms with E-state index in [1.807, 2.05) is 39.0 Å². The minimum Gasteiger partial charge on any atom is -0.444 e. The van der Waals surface area contributed by atoms with Crippen LogP contribution in [0.1, 0.15) is 50.7 Å². The predicted octanol–water partition coefficient (Wildman–Crippen LogP) is 3.33. The second-order valence-corrected chi connectivity index (χ2v) is 6.25. The topological polar surface area (TPSA) is 62.1 Å². The minimum atomic E-state index is -0.464. The molecule has 1 fully saturated rings. The van der Waals surface area contributed by atoms with Gasteiger partial charge in [-0.25, -0.2) is 4.79 Å². The number of amides is 1. The summed E-state index contributed by atoms with van der Waals surface area (Å²) in [4.78, 5) is 11.6. The largest absolute Gasteiger partial charge is 0.444 e. The zero-order valence-corrected chi connectivity index (χ0v) is 12.1. The van der Waals surface area contributed by atoms with Crippen LogP contribution >= 0.6 is 0 Å². The molecule has 1 saturated carbocycles. The van der Waals surface area contributed by atoms with Gasteiger partial charge in [0, 0.05) is 6.04 Å². The molecule has 0 aliphatic heterocycles. The van der Waals surface area contributed by atoms with Crippen LogP contribution in [-0.2, 0) is 4.74 Å². The smallest absolute Gasteiger partial charge is 0.407 e. The van der Waals surface area contributed by atoms with Crippen molar-refractivity contribution in [2.75, 3.05) is 0 Å². The number of hydrogen-bond donors (Lipinski definition) is 1. The molecule has 1 aromatic rings. The lowest BCUT2D eigenvalue weighted by molar-refractivity contribution is 0.0471. The molecule has 0 heterocycles. The van der Waals surface area contributed by atoms with Gasteiger partial charge < -0.3 is 10.1 Å². The summed E-state index contributed by atoms with van der Waals surface area (Å²) < 4.78 is 5.23. The van der Waals surface area contributed by atoms with E-state index in [1.165, 1.54) is 5.56 Å². The van der Waals surface area contributed by atoms with Gasteiger partial charge in [0.15, 0.2) is 0 Å². The first kappa shape index (κ1) is 14.4. The number of alkyl carbamates (subject to hydrolysis) is 1. The molecular formula is C16H20N2O2. The number of hydrogen-bond acceptors (Lipinski definition) is 3. The fourth-order valence-electron chi connectivity index (χ4n) is 2.34. The van der Waals surface area contributed by atoms with Crippen LogP contribution < -0.4 is 5.32 Å². The van der Waals surface area contributed by atoms with Crippen molar-refractivity contribution in [1.82, 2.24) is 5.32 Å². The zero-order valence-electron chi connectivity index (χ0n) is 12.1. The summed E-state index contributed by atoms with van der Waals surface area (Å²) in [6, 6.07) is 9.99. The van der Waals surface area contributed by atoms with E-state index in [0.717, 1.165) is 12.8 Å². The fraction of sp³-hybridized carbons (Fsp3) is 0.500. The SMILES string of the molecule is CC(C)(C)OC(=O)NC1CC(c2cccc(C#N)c2)C1. The number of benzene rings is 1. The molecule has 0 spiro atoms. The molecule has 4 nitrogen and oxygen atoms in total. The molecule has 20 heavy (non-hydrogen) atoms. The maximum Gasteiger partial charge on any atom is 0.407 e. The van der Waals surface area contributed by atoms with Gasteiger partial charge in [-0.3, -0.25) is 0 Å². The maximum absolute atomic E-state index is 11.6. The molecule has 1 aliphatic rings. The van der Waals surface area contributed by atoms with E-state index in [4.69, 9.17) is 10.00 Å². The Balaban J connectivity index is 1.83. The molecule has 1 aromatic carbocycles. The average Bonchev–Trinajstić information content (AvgIpc) is 2.31. The lowest BCUT2D eigenvalue weighted by Gasteiger charge is -2.36. The number of nitrogens with zero attached hydrogens (tertiary/aromatic N) is 1. The quantitative estimate of drug-likeness (QED) is 0.898. The van der Waals surface area contributed by atoms with Crippen molar-refractivity contribution >= 4 is 6.09 Å². The highest BCUT2D eigenvalue weighted by molar-refractivity contribution is 5.68. The van der Waals surface area contributed by atoms with Gasteiger partial charge in [0.25, 0.3) is 0 Å². The highest BCUT2D eigenvalue weighted by atomic mass is 16.6. The Kier molecular flexibility index (Phi) is 3.99. The van der Waals surface area contributed by atoms with Crippen molar-refractivity contribution in [3.8, 4) is 6.07 Å². The summed E-state index contributed by atoms with van der Waals surface area (Å²) in [5, 5.41) is 11.8. The molecule has 2 rings (SSSR count). The van der Waals surface area contributed by atoms with Gasteiger partial charge in [-0.05, 0) is 57.2 Å². The first-order valence-corrected chi connectivity index (χ1v) is 6.87. The lowest BCUT2D eigenvalue weighted by Crippen LogP contribution is -2.45. The fourth-order valence-corrected chi connectivity index (χ4v) is 2.34. The van der Waals surface area contributed by atoms with E-state index >= 15 is 0 Å². The van der Waals surface area contributed by atoms with Gasteiger partial charge in [0.05, 0.1) is 11.6 Å². The normalized spacial score (nSPS) is 21.5.